The first-order valence-corrected chi connectivity index (χ1v) is 7.30. The Bertz CT molecular complexity index is 872. The van der Waals surface area contributed by atoms with E-state index in [0.29, 0.717) is 17.9 Å². The predicted octanol–water partition coefficient (Wildman–Crippen LogP) is 2.02. The van der Waals surface area contributed by atoms with Crippen molar-refractivity contribution in [2.75, 3.05) is 5.32 Å². The summed E-state index contributed by atoms with van der Waals surface area (Å²) in [6.45, 7) is 3.84. The van der Waals surface area contributed by atoms with Crippen LogP contribution >= 0.6 is 0 Å². The fourth-order valence-corrected chi connectivity index (χ4v) is 2.55. The lowest BCUT2D eigenvalue weighted by molar-refractivity contribution is -0.116. The summed E-state index contributed by atoms with van der Waals surface area (Å²) in [7, 11) is 0. The number of carbonyl (C=O) groups is 1. The zero-order valence-electron chi connectivity index (χ0n) is 12.9. The molecule has 2 N–H and O–H groups in total. The number of aryl methyl sites for hydroxylation is 2. The Morgan fingerprint density at radius 1 is 1.30 bits per heavy atom. The summed E-state index contributed by atoms with van der Waals surface area (Å²) in [5.74, 6) is 0.449. The molecule has 0 aliphatic carbocycles. The maximum absolute atomic E-state index is 12.1. The molecule has 2 aromatic heterocycles. The maximum Gasteiger partial charge on any atom is 0.252 e. The SMILES string of the molecule is Cc1nc2ncnn2c(C)c1CCC(=O)Nc1ccccc1O. The van der Waals surface area contributed by atoms with Crippen molar-refractivity contribution >= 4 is 17.4 Å². The van der Waals surface area contributed by atoms with E-state index in [4.69, 9.17) is 0 Å². The number of para-hydroxylation sites is 2. The first-order chi connectivity index (χ1) is 11.1. The number of phenolic OH excluding ortho intramolecular Hbond substituents is 1. The highest BCUT2D eigenvalue weighted by Crippen LogP contribution is 2.22. The lowest BCUT2D eigenvalue weighted by Crippen LogP contribution is -2.14. The predicted molar refractivity (Wildman–Crippen MR) is 85.3 cm³/mol. The van der Waals surface area contributed by atoms with Crippen molar-refractivity contribution < 1.29 is 9.90 Å². The van der Waals surface area contributed by atoms with E-state index in [1.807, 2.05) is 13.8 Å². The number of fused-ring (bicyclic) bond motifs is 1. The van der Waals surface area contributed by atoms with Crippen molar-refractivity contribution in [2.45, 2.75) is 26.7 Å². The summed E-state index contributed by atoms with van der Waals surface area (Å²) in [4.78, 5) is 20.6. The van der Waals surface area contributed by atoms with Gasteiger partial charge in [0.1, 0.15) is 12.1 Å². The molecule has 118 valence electrons. The smallest absolute Gasteiger partial charge is 0.252 e. The summed E-state index contributed by atoms with van der Waals surface area (Å²) in [5, 5.41) is 16.5. The zero-order chi connectivity index (χ0) is 16.4. The highest BCUT2D eigenvalue weighted by atomic mass is 16.3. The number of anilines is 1. The van der Waals surface area contributed by atoms with Crippen molar-refractivity contribution in [1.29, 1.82) is 0 Å². The Hall–Kier alpha value is -2.96. The quantitative estimate of drug-likeness (QED) is 0.719. The molecule has 0 fully saturated rings. The number of amides is 1. The minimum absolute atomic E-state index is 0.0545. The van der Waals surface area contributed by atoms with E-state index in [1.165, 1.54) is 12.4 Å². The van der Waals surface area contributed by atoms with Crippen molar-refractivity contribution in [3.63, 3.8) is 0 Å². The van der Waals surface area contributed by atoms with Gasteiger partial charge < -0.3 is 10.4 Å². The second-order valence-corrected chi connectivity index (χ2v) is 5.30. The van der Waals surface area contributed by atoms with Crippen LogP contribution in [0.25, 0.3) is 5.78 Å². The fourth-order valence-electron chi connectivity index (χ4n) is 2.55. The molecular weight excluding hydrogens is 294 g/mol. The van der Waals surface area contributed by atoms with Crippen molar-refractivity contribution in [1.82, 2.24) is 19.6 Å². The van der Waals surface area contributed by atoms with Crippen LogP contribution < -0.4 is 5.32 Å². The lowest BCUT2D eigenvalue weighted by atomic mass is 10.1. The zero-order valence-corrected chi connectivity index (χ0v) is 12.9. The number of nitrogens with zero attached hydrogens (tertiary/aromatic N) is 4. The minimum atomic E-state index is -0.163. The molecule has 0 aliphatic heterocycles. The monoisotopic (exact) mass is 311 g/mol. The molecule has 0 unspecified atom stereocenters. The maximum atomic E-state index is 12.1. The Morgan fingerprint density at radius 2 is 2.09 bits per heavy atom. The first kappa shape index (κ1) is 15.0. The highest BCUT2D eigenvalue weighted by Gasteiger charge is 2.13. The number of hydrogen-bond acceptors (Lipinski definition) is 5. The third-order valence-corrected chi connectivity index (χ3v) is 3.77. The Kier molecular flexibility index (Phi) is 3.92. The molecule has 0 atom stereocenters. The third kappa shape index (κ3) is 2.98. The summed E-state index contributed by atoms with van der Waals surface area (Å²) in [5.41, 5.74) is 3.17. The van der Waals surface area contributed by atoms with Gasteiger partial charge >= 0.3 is 0 Å². The molecule has 1 aromatic carbocycles. The molecule has 7 heteroatoms. The minimum Gasteiger partial charge on any atom is -0.506 e. The summed E-state index contributed by atoms with van der Waals surface area (Å²) in [6, 6.07) is 6.65. The van der Waals surface area contributed by atoms with Gasteiger partial charge in [-0.2, -0.15) is 10.1 Å². The third-order valence-electron chi connectivity index (χ3n) is 3.77. The van der Waals surface area contributed by atoms with E-state index >= 15 is 0 Å². The molecular formula is C16H17N5O2. The number of hydrogen-bond donors (Lipinski definition) is 2. The van der Waals surface area contributed by atoms with Crippen LogP contribution in [0.5, 0.6) is 5.75 Å². The van der Waals surface area contributed by atoms with Gasteiger partial charge in [0.15, 0.2) is 0 Å². The number of aromatic hydroxyl groups is 1. The summed E-state index contributed by atoms with van der Waals surface area (Å²) < 4.78 is 1.67. The largest absolute Gasteiger partial charge is 0.506 e. The second-order valence-electron chi connectivity index (χ2n) is 5.30. The molecule has 1 amide bonds. The van der Waals surface area contributed by atoms with Crippen LogP contribution in [0.2, 0.25) is 0 Å². The molecule has 2 heterocycles. The van der Waals surface area contributed by atoms with Crippen LogP contribution in [0, 0.1) is 13.8 Å². The van der Waals surface area contributed by atoms with Gasteiger partial charge in [0.05, 0.1) is 5.69 Å². The molecule has 0 bridgehead atoms. The van der Waals surface area contributed by atoms with Crippen molar-refractivity contribution in [3.05, 3.63) is 47.5 Å². The van der Waals surface area contributed by atoms with E-state index in [2.05, 4.69) is 20.4 Å². The molecule has 0 saturated heterocycles. The van der Waals surface area contributed by atoms with E-state index in [0.717, 1.165) is 17.0 Å². The van der Waals surface area contributed by atoms with Crippen LogP contribution in [-0.4, -0.2) is 30.6 Å². The second kappa shape index (κ2) is 6.04. The molecule has 7 nitrogen and oxygen atoms in total. The standard InChI is InChI=1S/C16H17N5O2/c1-10-12(11(2)21-16(19-10)17-9-18-21)7-8-15(23)20-13-5-3-4-6-14(13)22/h3-6,9,22H,7-8H2,1-2H3,(H,20,23). The number of phenols is 1. The van der Waals surface area contributed by atoms with Crippen molar-refractivity contribution in [2.24, 2.45) is 0 Å². The Labute approximate surface area is 133 Å². The summed E-state index contributed by atoms with van der Waals surface area (Å²) >= 11 is 0. The first-order valence-electron chi connectivity index (χ1n) is 7.30. The molecule has 0 saturated carbocycles. The lowest BCUT2D eigenvalue weighted by Gasteiger charge is -2.11. The van der Waals surface area contributed by atoms with Gasteiger partial charge in [-0.05, 0) is 38.0 Å². The average molecular weight is 311 g/mol. The topological polar surface area (TPSA) is 92.4 Å². The van der Waals surface area contributed by atoms with E-state index < -0.39 is 0 Å². The van der Waals surface area contributed by atoms with Gasteiger partial charge in [-0.25, -0.2) is 9.50 Å². The number of aromatic nitrogens is 4. The number of rotatable bonds is 4. The Balaban J connectivity index is 1.73. The van der Waals surface area contributed by atoms with Gasteiger partial charge in [0.25, 0.3) is 5.78 Å². The number of carbonyl (C=O) groups excluding carboxylic acids is 1. The van der Waals surface area contributed by atoms with Crippen LogP contribution in [0.15, 0.2) is 30.6 Å². The normalized spacial score (nSPS) is 10.9. The molecule has 3 aromatic rings. The van der Waals surface area contributed by atoms with E-state index in [1.54, 1.807) is 22.7 Å². The summed E-state index contributed by atoms with van der Waals surface area (Å²) in [6.07, 6.45) is 2.29. The molecule has 0 spiro atoms. The van der Waals surface area contributed by atoms with Gasteiger partial charge in [-0.15, -0.1) is 0 Å². The average Bonchev–Trinajstić information content (AvgIpc) is 2.98. The van der Waals surface area contributed by atoms with Gasteiger partial charge in [0, 0.05) is 17.8 Å². The fraction of sp³-hybridized carbons (Fsp3) is 0.250. The Morgan fingerprint density at radius 3 is 2.87 bits per heavy atom. The highest BCUT2D eigenvalue weighted by molar-refractivity contribution is 5.92. The number of benzene rings is 1. The van der Waals surface area contributed by atoms with E-state index in [9.17, 15) is 9.90 Å². The van der Waals surface area contributed by atoms with Crippen LogP contribution in [0.4, 0.5) is 5.69 Å². The van der Waals surface area contributed by atoms with Crippen molar-refractivity contribution in [3.8, 4) is 5.75 Å². The van der Waals surface area contributed by atoms with Gasteiger partial charge in [0.2, 0.25) is 5.91 Å². The molecule has 0 radical (unpaired) electrons. The van der Waals surface area contributed by atoms with Crippen LogP contribution in [0.3, 0.4) is 0 Å². The molecule has 23 heavy (non-hydrogen) atoms. The van der Waals surface area contributed by atoms with Gasteiger partial charge in [-0.3, -0.25) is 4.79 Å². The van der Waals surface area contributed by atoms with Crippen LogP contribution in [-0.2, 0) is 11.2 Å². The van der Waals surface area contributed by atoms with Crippen LogP contribution in [0.1, 0.15) is 23.4 Å². The molecule has 3 rings (SSSR count). The van der Waals surface area contributed by atoms with E-state index in [-0.39, 0.29) is 18.1 Å². The van der Waals surface area contributed by atoms with Gasteiger partial charge in [-0.1, -0.05) is 12.1 Å². The number of nitrogens with one attached hydrogen (secondary N) is 1. The molecule has 0 aliphatic rings.